The Bertz CT molecular complexity index is 6710. The van der Waals surface area contributed by atoms with Crippen LogP contribution >= 0.6 is 145 Å². The Morgan fingerprint density at radius 2 is 0.561 bits per heavy atom. The van der Waals surface area contributed by atoms with Crippen molar-refractivity contribution in [1.82, 2.24) is 9.80 Å². The number of methoxy groups -OCH3 is 2. The molecule has 148 heavy (non-hydrogen) atoms. The van der Waals surface area contributed by atoms with Crippen LogP contribution in [-0.4, -0.2) is 120 Å². The topological polar surface area (TPSA) is 168 Å². The fraction of sp³-hybridized carbons (Fsp3) is 0.557. The van der Waals surface area contributed by atoms with Crippen molar-refractivity contribution in [2.24, 2.45) is 0 Å². The van der Waals surface area contributed by atoms with Crippen LogP contribution in [0.2, 0.25) is 29.6 Å². The molecule has 12 aromatic rings. The molecular formula is C122H162Br2N2O10S10Sn2. The van der Waals surface area contributed by atoms with E-state index < -0.39 is 36.8 Å². The van der Waals surface area contributed by atoms with E-state index in [1.165, 1.54) is 342 Å². The normalized spacial score (nSPS) is 13.7. The third kappa shape index (κ3) is 28.5. The maximum Gasteiger partial charge on any atom is 0.263 e. The number of carbonyl (C=O) groups is 6. The summed E-state index contributed by atoms with van der Waals surface area (Å²) in [6.07, 6.45) is 65.4. The third-order valence-corrected chi connectivity index (χ3v) is 62.5. The molecule has 0 saturated heterocycles. The Hall–Kier alpha value is -4.34. The minimum absolute atomic E-state index is 0.00278. The van der Waals surface area contributed by atoms with Crippen molar-refractivity contribution < 1.29 is 48.5 Å². The van der Waals surface area contributed by atoms with Crippen LogP contribution in [0, 0.1) is 13.8 Å². The van der Waals surface area contributed by atoms with Gasteiger partial charge in [0, 0.05) is 91.2 Å². The number of hydrogen-bond acceptors (Lipinski definition) is 20. The average Bonchev–Trinajstić information content (AvgIpc) is 1.54. The molecule has 4 amide bonds. The van der Waals surface area contributed by atoms with Gasteiger partial charge in [-0.05, 0) is 101 Å². The summed E-state index contributed by atoms with van der Waals surface area (Å²) in [5.41, 5.74) is 10.7. The van der Waals surface area contributed by atoms with E-state index in [1.54, 1.807) is 95.1 Å². The summed E-state index contributed by atoms with van der Waals surface area (Å²) in [4.78, 5) is 109. The molecule has 0 radical (unpaired) electrons. The minimum Gasteiger partial charge on any atom is -0.277 e. The molecule has 2 aliphatic carbocycles. The van der Waals surface area contributed by atoms with Gasteiger partial charge in [-0.25, -0.2) is 0 Å². The Kier molecular flexibility index (Phi) is 46.1. The number of benzene rings is 2. The molecule has 2 N–H and O–H groups in total. The summed E-state index contributed by atoms with van der Waals surface area (Å²) in [5.74, 6) is -0.750. The number of imide groups is 2. The van der Waals surface area contributed by atoms with Crippen molar-refractivity contribution >= 4 is 286 Å². The van der Waals surface area contributed by atoms with Gasteiger partial charge < -0.3 is 9.84 Å². The largest absolute Gasteiger partial charge is 0.277 e. The maximum absolute atomic E-state index is 15.8. The number of amides is 4. The summed E-state index contributed by atoms with van der Waals surface area (Å²) < 4.78 is 20.8. The van der Waals surface area contributed by atoms with Crippen molar-refractivity contribution in [3.8, 4) is 19.9 Å². The molecule has 0 saturated carbocycles. The second-order valence-electron chi connectivity index (χ2n) is 43.8. The number of aliphatic hydroxyl groups is 2. The van der Waals surface area contributed by atoms with Crippen molar-refractivity contribution in [2.45, 2.75) is 405 Å². The number of unbranched alkanes of at least 4 members (excludes halogenated alkanes) is 42. The van der Waals surface area contributed by atoms with Crippen molar-refractivity contribution in [3.05, 3.63) is 161 Å². The Morgan fingerprint density at radius 3 is 0.892 bits per heavy atom. The van der Waals surface area contributed by atoms with Crippen LogP contribution in [0.25, 0.3) is 72.4 Å². The van der Waals surface area contributed by atoms with Gasteiger partial charge in [0.05, 0.1) is 48.4 Å². The molecular weight excluding hydrogens is 2370 g/mol. The predicted molar refractivity (Wildman–Crippen MR) is 656 cm³/mol. The van der Waals surface area contributed by atoms with Gasteiger partial charge in [0.15, 0.2) is 10.8 Å². The monoisotopic (exact) mass is 2530 g/mol. The van der Waals surface area contributed by atoms with Crippen LogP contribution in [0.5, 0.6) is 10.1 Å². The number of aliphatic hydroxyl groups excluding tert-OH is 2. The number of fused-ring (bicyclic) bond motifs is 14. The number of carbonyl (C=O) groups excluding carboxylic acids is 6. The molecule has 2 aromatic carbocycles. The Morgan fingerprint density at radius 1 is 0.291 bits per heavy atom. The van der Waals surface area contributed by atoms with Crippen LogP contribution in [0.1, 0.15) is 426 Å². The maximum atomic E-state index is 15.8. The van der Waals surface area contributed by atoms with E-state index in [0.717, 1.165) is 178 Å². The average molecular weight is 2530 g/mol. The zero-order valence-electron chi connectivity index (χ0n) is 91.3. The molecule has 4 aliphatic rings. The number of Topliss-reactive ketones (excluding diaryl/α,β-unsaturated/α-hetero) is 2. The zero-order valence-corrected chi connectivity index (χ0v) is 108. The summed E-state index contributed by atoms with van der Waals surface area (Å²) in [6, 6.07) is 18.0. The van der Waals surface area contributed by atoms with Crippen molar-refractivity contribution in [1.29, 1.82) is 0 Å². The second-order valence-corrected chi connectivity index (χ2v) is 88.0. The van der Waals surface area contributed by atoms with Crippen LogP contribution in [0.4, 0.5) is 0 Å². The third-order valence-electron chi connectivity index (χ3n) is 30.3. The fourth-order valence-electron chi connectivity index (χ4n) is 22.2. The first-order valence-corrected chi connectivity index (χ1v) is 85.9. The Labute approximate surface area is 947 Å². The van der Waals surface area contributed by atoms with Crippen LogP contribution in [0.3, 0.4) is 0 Å². The number of nitrogens with zero attached hydrogens (tertiary/aromatic N) is 2. The molecule has 12 heterocycles. The van der Waals surface area contributed by atoms with Gasteiger partial charge >= 0.3 is 377 Å². The molecule has 16 rings (SSSR count). The van der Waals surface area contributed by atoms with E-state index in [9.17, 15) is 29.4 Å². The van der Waals surface area contributed by atoms with Gasteiger partial charge in [0.2, 0.25) is 0 Å². The quantitative estimate of drug-likeness (QED) is 0.0213. The molecule has 0 bridgehead atoms. The smallest absolute Gasteiger partial charge is 0.263 e. The zero-order chi connectivity index (χ0) is 106. The first-order chi connectivity index (χ1) is 71.5. The van der Waals surface area contributed by atoms with Crippen LogP contribution in [0.15, 0.2) is 56.1 Å². The number of halogens is 2. The number of thiophene rings is 10. The molecule has 0 spiro atoms. The number of rotatable bonds is 61. The standard InChI is InChI=1S/C55H76O3S4.C54H65NO5S5.C7H3Br2NO2S.6CH3.2Sn/c1-4-6-8-10-12-14-16-18-20-22-24-26-28-30-32-41-34-46(59-39-41)49-51-52(55-45(37-48(58-3)62-55)44-36-43(38-56)61-54(44)51)50(53(49)57)47-35-42(40-60-47)33-31-29-27-25-23-21-19-17-15-13-11-9-7-5-2;1-7-9-11-13-14-15-16-17-18-19-20-21-22-24-26-35-28-40(64-49(35)52-47-42(33(4)62-52)53(58)55(5)54(47)59)44-46-45(43(48(44)57)39-27-34(32(3)61-39)25-23-12-10-8-2)50-37(29-36(31-56)63-50)38-30-41(60-6)65-51(38)46;1-10-6(11)2-3(7(10)12)5(9)13-4(2)8;;;;;;;;/h34-37,56H,4-33,38H2,1-3H3;27-30,56H,7-26,31H2,1-6H3;1H3;6*1H3;;. The SMILES string of the molecule is CCCCCCCCCCCCCCCCc1cc(C2=c3c(c4sc(CO)cc4c4cc(OC)sc34)=C(c3cc(CCCCCC)c(C)s3)C2=O)sc1-c1sc(C)c2c1C(=O)N(C)C2=O.CCCCCCCCCCCCCCCCc1cc(C2=c3c(c4sc(OC)cc4c4cc(CO)sc34)=C(c3cc(CCCCCCCCCCCCCCCC)[c]([Sn]([CH3])([CH3])[CH3])s3)C2=O)s[c]1[Sn]([CH3])([CH3])[CH3].CN1C(=O)c2c(Br)sc(Br)c2C1=O. The molecule has 26 heteroatoms. The van der Waals surface area contributed by atoms with Gasteiger partial charge in [-0.1, -0.05) is 206 Å². The van der Waals surface area contributed by atoms with E-state index in [0.29, 0.717) is 35.4 Å². The summed E-state index contributed by atoms with van der Waals surface area (Å²) in [6.45, 7) is 13.2. The molecule has 0 fully saturated rings. The molecule has 0 atom stereocenters. The first-order valence-electron chi connectivity index (χ1n) is 56.1. The van der Waals surface area contributed by atoms with Crippen molar-refractivity contribution in [3.63, 3.8) is 0 Å². The molecule has 0 unspecified atom stereocenters. The second kappa shape index (κ2) is 57.2. The van der Waals surface area contributed by atoms with E-state index in [2.05, 4.69) is 145 Å². The van der Waals surface area contributed by atoms with Gasteiger partial charge in [-0.3, -0.25) is 33.8 Å². The number of ketones is 2. The van der Waals surface area contributed by atoms with E-state index in [4.69, 9.17) is 9.47 Å². The van der Waals surface area contributed by atoms with Gasteiger partial charge in [0.1, 0.15) is 0 Å². The number of hydrogen-bond donors (Lipinski definition) is 2. The number of aryl methyl sites for hydroxylation is 6. The van der Waals surface area contributed by atoms with Gasteiger partial charge in [-0.15, -0.1) is 56.7 Å². The van der Waals surface area contributed by atoms with E-state index in [-0.39, 0.29) is 48.4 Å². The van der Waals surface area contributed by atoms with Crippen LogP contribution < -0.4 is 36.1 Å². The van der Waals surface area contributed by atoms with Gasteiger partial charge in [-0.2, -0.15) is 0 Å². The summed E-state index contributed by atoms with van der Waals surface area (Å²) >= 11 is 18.0. The molecule has 10 aromatic heterocycles. The van der Waals surface area contributed by atoms with E-state index in [1.807, 2.05) is 29.6 Å². The Balaban J connectivity index is 0.000000207. The summed E-state index contributed by atoms with van der Waals surface area (Å²) in [7, 11) is 6.51. The number of ether oxygens (including phenoxy) is 2. The van der Waals surface area contributed by atoms with Crippen LogP contribution in [-0.2, 0) is 48.5 Å². The molecule has 802 valence electrons. The van der Waals surface area contributed by atoms with E-state index >= 15 is 9.59 Å². The first kappa shape index (κ1) is 119. The molecule has 12 nitrogen and oxygen atoms in total. The van der Waals surface area contributed by atoms with Gasteiger partial charge in [0.25, 0.3) is 23.6 Å². The summed E-state index contributed by atoms with van der Waals surface area (Å²) in [5, 5.41) is 31.1. The molecule has 2 aliphatic heterocycles. The predicted octanol–water partition coefficient (Wildman–Crippen LogP) is 34.8. The van der Waals surface area contributed by atoms with Crippen molar-refractivity contribution in [2.75, 3.05) is 28.3 Å². The minimum atomic E-state index is -2.59. The fourth-order valence-corrected chi connectivity index (χ4v) is 49.6.